The van der Waals surface area contributed by atoms with E-state index >= 15 is 0 Å². The number of carbonyl (C=O) groups excluding carboxylic acids is 1. The standard InChI is InChI=1S/C20H22FNO2/c1-24-18-10-9-15(13-17(18)21)14-22-19(23)20(11-5-6-12-20)16-7-3-2-4-8-16/h2-4,7-10,13H,5-6,11-12,14H2,1H3,(H,22,23). The van der Waals surface area contributed by atoms with Gasteiger partial charge in [0.05, 0.1) is 12.5 Å². The van der Waals surface area contributed by atoms with Gasteiger partial charge < -0.3 is 10.1 Å². The summed E-state index contributed by atoms with van der Waals surface area (Å²) in [7, 11) is 1.43. The van der Waals surface area contributed by atoms with Gasteiger partial charge in [0.1, 0.15) is 0 Å². The lowest BCUT2D eigenvalue weighted by Crippen LogP contribution is -2.42. The Labute approximate surface area is 141 Å². The molecule has 3 rings (SSSR count). The van der Waals surface area contributed by atoms with E-state index in [0.717, 1.165) is 36.8 Å². The molecule has 0 spiro atoms. The molecule has 0 aromatic heterocycles. The van der Waals surface area contributed by atoms with Gasteiger partial charge in [0.15, 0.2) is 11.6 Å². The van der Waals surface area contributed by atoms with Crippen molar-refractivity contribution in [2.75, 3.05) is 7.11 Å². The molecule has 0 unspecified atom stereocenters. The fourth-order valence-corrected chi connectivity index (χ4v) is 3.55. The lowest BCUT2D eigenvalue weighted by atomic mass is 9.78. The number of methoxy groups -OCH3 is 1. The van der Waals surface area contributed by atoms with Gasteiger partial charge in [0.25, 0.3) is 0 Å². The molecule has 24 heavy (non-hydrogen) atoms. The van der Waals surface area contributed by atoms with Crippen molar-refractivity contribution in [1.29, 1.82) is 0 Å². The van der Waals surface area contributed by atoms with E-state index in [1.807, 2.05) is 30.3 Å². The Hall–Kier alpha value is -2.36. The Kier molecular flexibility index (Phi) is 4.84. The number of halogens is 1. The first kappa shape index (κ1) is 16.5. The number of nitrogens with one attached hydrogen (secondary N) is 1. The van der Waals surface area contributed by atoms with E-state index in [0.29, 0.717) is 6.54 Å². The summed E-state index contributed by atoms with van der Waals surface area (Å²) in [6.45, 7) is 0.314. The first-order valence-electron chi connectivity index (χ1n) is 8.32. The fraction of sp³-hybridized carbons (Fsp3) is 0.350. The summed E-state index contributed by atoms with van der Waals surface area (Å²) in [5.74, 6) is -0.174. The number of hydrogen-bond donors (Lipinski definition) is 1. The van der Waals surface area contributed by atoms with E-state index in [1.165, 1.54) is 13.2 Å². The van der Waals surface area contributed by atoms with Crippen LogP contribution in [0.4, 0.5) is 4.39 Å². The van der Waals surface area contributed by atoms with E-state index in [2.05, 4.69) is 5.32 Å². The highest BCUT2D eigenvalue weighted by Crippen LogP contribution is 2.41. The Bertz CT molecular complexity index is 709. The molecule has 1 aliphatic carbocycles. The Morgan fingerprint density at radius 1 is 1.17 bits per heavy atom. The second-order valence-corrected chi connectivity index (χ2v) is 6.31. The van der Waals surface area contributed by atoms with Crippen molar-refractivity contribution in [1.82, 2.24) is 5.32 Å². The highest BCUT2D eigenvalue weighted by atomic mass is 19.1. The summed E-state index contributed by atoms with van der Waals surface area (Å²) in [4.78, 5) is 12.9. The highest BCUT2D eigenvalue weighted by molar-refractivity contribution is 5.88. The molecule has 4 heteroatoms. The molecule has 0 radical (unpaired) electrons. The van der Waals surface area contributed by atoms with Gasteiger partial charge in [-0.15, -0.1) is 0 Å². The van der Waals surface area contributed by atoms with Crippen LogP contribution in [0.5, 0.6) is 5.75 Å². The normalized spacial score (nSPS) is 15.9. The van der Waals surface area contributed by atoms with E-state index in [4.69, 9.17) is 4.74 Å². The fourth-order valence-electron chi connectivity index (χ4n) is 3.55. The van der Waals surface area contributed by atoms with Gasteiger partial charge in [0, 0.05) is 6.54 Å². The van der Waals surface area contributed by atoms with E-state index in [9.17, 15) is 9.18 Å². The summed E-state index contributed by atoms with van der Waals surface area (Å²) in [5.41, 5.74) is 1.34. The van der Waals surface area contributed by atoms with Crippen molar-refractivity contribution in [2.24, 2.45) is 0 Å². The van der Waals surface area contributed by atoms with Crippen LogP contribution in [0.3, 0.4) is 0 Å². The van der Waals surface area contributed by atoms with Gasteiger partial charge in [-0.3, -0.25) is 4.79 Å². The average Bonchev–Trinajstić information content (AvgIpc) is 3.11. The molecule has 0 heterocycles. The number of rotatable bonds is 5. The first-order valence-corrected chi connectivity index (χ1v) is 8.32. The van der Waals surface area contributed by atoms with Gasteiger partial charge in [-0.1, -0.05) is 49.2 Å². The second kappa shape index (κ2) is 7.04. The van der Waals surface area contributed by atoms with Crippen LogP contribution in [0, 0.1) is 5.82 Å². The van der Waals surface area contributed by atoms with Crippen LogP contribution in [0.2, 0.25) is 0 Å². The molecule has 1 saturated carbocycles. The van der Waals surface area contributed by atoms with E-state index in [-0.39, 0.29) is 11.7 Å². The van der Waals surface area contributed by atoms with Gasteiger partial charge in [0.2, 0.25) is 5.91 Å². The lowest BCUT2D eigenvalue weighted by Gasteiger charge is -2.28. The minimum absolute atomic E-state index is 0.0300. The highest BCUT2D eigenvalue weighted by Gasteiger charge is 2.42. The Balaban J connectivity index is 1.74. The topological polar surface area (TPSA) is 38.3 Å². The SMILES string of the molecule is COc1ccc(CNC(=O)C2(c3ccccc3)CCCC2)cc1F. The third-order valence-electron chi connectivity index (χ3n) is 4.89. The molecule has 126 valence electrons. The summed E-state index contributed by atoms with van der Waals surface area (Å²) in [5, 5.41) is 3.00. The van der Waals surface area contributed by atoms with E-state index in [1.54, 1.807) is 12.1 Å². The maximum absolute atomic E-state index is 13.8. The predicted octanol–water partition coefficient (Wildman–Crippen LogP) is 3.96. The number of hydrogen-bond acceptors (Lipinski definition) is 2. The minimum Gasteiger partial charge on any atom is -0.494 e. The predicted molar refractivity (Wildman–Crippen MR) is 91.4 cm³/mol. The number of ether oxygens (including phenoxy) is 1. The van der Waals surface area contributed by atoms with Gasteiger partial charge in [-0.2, -0.15) is 0 Å². The van der Waals surface area contributed by atoms with Crippen LogP contribution >= 0.6 is 0 Å². The third-order valence-corrected chi connectivity index (χ3v) is 4.89. The Morgan fingerprint density at radius 3 is 2.50 bits per heavy atom. The third kappa shape index (κ3) is 3.14. The van der Waals surface area contributed by atoms with Crippen LogP contribution < -0.4 is 10.1 Å². The van der Waals surface area contributed by atoms with Gasteiger partial charge in [-0.05, 0) is 36.1 Å². The van der Waals surface area contributed by atoms with Crippen molar-refractivity contribution >= 4 is 5.91 Å². The monoisotopic (exact) mass is 327 g/mol. The molecule has 2 aromatic rings. The molecule has 0 aliphatic heterocycles. The van der Waals surface area contributed by atoms with Crippen molar-refractivity contribution < 1.29 is 13.9 Å². The first-order chi connectivity index (χ1) is 11.7. The summed E-state index contributed by atoms with van der Waals surface area (Å²) < 4.78 is 18.7. The second-order valence-electron chi connectivity index (χ2n) is 6.31. The molecule has 0 bridgehead atoms. The zero-order chi connectivity index (χ0) is 17.0. The quantitative estimate of drug-likeness (QED) is 0.902. The molecule has 1 aliphatic rings. The van der Waals surface area contributed by atoms with Gasteiger partial charge >= 0.3 is 0 Å². The smallest absolute Gasteiger partial charge is 0.230 e. The summed E-state index contributed by atoms with van der Waals surface area (Å²) in [6.07, 6.45) is 3.83. The molecule has 1 fully saturated rings. The molecule has 0 atom stereocenters. The minimum atomic E-state index is -0.452. The van der Waals surface area contributed by atoms with Crippen molar-refractivity contribution in [3.63, 3.8) is 0 Å². The van der Waals surface area contributed by atoms with Gasteiger partial charge in [-0.25, -0.2) is 4.39 Å². The molecule has 0 saturated heterocycles. The average molecular weight is 327 g/mol. The lowest BCUT2D eigenvalue weighted by molar-refractivity contribution is -0.126. The van der Waals surface area contributed by atoms with Crippen LogP contribution in [0.15, 0.2) is 48.5 Å². The molecule has 1 amide bonds. The summed E-state index contributed by atoms with van der Waals surface area (Å²) >= 11 is 0. The molecule has 1 N–H and O–H groups in total. The maximum Gasteiger partial charge on any atom is 0.230 e. The molecular formula is C20H22FNO2. The zero-order valence-corrected chi connectivity index (χ0v) is 13.8. The number of amides is 1. The largest absolute Gasteiger partial charge is 0.494 e. The van der Waals surface area contributed by atoms with Crippen LogP contribution in [0.1, 0.15) is 36.8 Å². The van der Waals surface area contributed by atoms with Crippen LogP contribution in [-0.2, 0) is 16.8 Å². The van der Waals surface area contributed by atoms with Crippen LogP contribution in [0.25, 0.3) is 0 Å². The van der Waals surface area contributed by atoms with Crippen LogP contribution in [-0.4, -0.2) is 13.0 Å². The molecule has 2 aromatic carbocycles. The molecule has 3 nitrogen and oxygen atoms in total. The number of benzene rings is 2. The molecular weight excluding hydrogens is 305 g/mol. The van der Waals surface area contributed by atoms with Crippen molar-refractivity contribution in [3.05, 3.63) is 65.5 Å². The maximum atomic E-state index is 13.8. The van der Waals surface area contributed by atoms with E-state index < -0.39 is 11.2 Å². The Morgan fingerprint density at radius 2 is 1.88 bits per heavy atom. The zero-order valence-electron chi connectivity index (χ0n) is 13.8. The summed E-state index contributed by atoms with van der Waals surface area (Å²) in [6, 6.07) is 14.7. The van der Waals surface area contributed by atoms with Crippen molar-refractivity contribution in [3.8, 4) is 5.75 Å². The number of carbonyl (C=O) groups is 1. The van der Waals surface area contributed by atoms with Crippen molar-refractivity contribution in [2.45, 2.75) is 37.6 Å².